The molecule has 0 amide bonds. The number of hydrogen-bond acceptors (Lipinski definition) is 4. The minimum absolute atomic E-state index is 0.0912. The van der Waals surface area contributed by atoms with E-state index >= 15 is 0 Å². The predicted octanol–water partition coefficient (Wildman–Crippen LogP) is 2.97. The number of ether oxygens (including phenoxy) is 1. The Morgan fingerprint density at radius 1 is 1.29 bits per heavy atom. The fourth-order valence-corrected chi connectivity index (χ4v) is 3.70. The van der Waals surface area contributed by atoms with Crippen molar-refractivity contribution in [2.75, 3.05) is 11.8 Å². The number of hydrogen-bond donors (Lipinski definition) is 1. The Hall–Kier alpha value is -2.09. The Labute approximate surface area is 141 Å². The summed E-state index contributed by atoms with van der Waals surface area (Å²) in [5, 5.41) is 3.81. The number of rotatable bonds is 4. The molecule has 0 fully saturated rings. The molecule has 132 valence electrons. The SMILES string of the molecule is COc1ccc(C(C)(C)C)cc1NS(=O)(=O)c1c(C)nn(C)c1F. The normalized spacial score (nSPS) is 12.3. The van der Waals surface area contributed by atoms with Crippen LogP contribution in [0.5, 0.6) is 5.75 Å². The lowest BCUT2D eigenvalue weighted by Crippen LogP contribution is -2.17. The van der Waals surface area contributed by atoms with E-state index in [-0.39, 0.29) is 16.8 Å². The van der Waals surface area contributed by atoms with Gasteiger partial charge in [0, 0.05) is 7.05 Å². The maximum Gasteiger partial charge on any atom is 0.268 e. The summed E-state index contributed by atoms with van der Waals surface area (Å²) in [5.74, 6) is -0.556. The Morgan fingerprint density at radius 2 is 1.92 bits per heavy atom. The molecule has 0 unspecified atom stereocenters. The lowest BCUT2D eigenvalue weighted by molar-refractivity contribution is 0.416. The van der Waals surface area contributed by atoms with Crippen molar-refractivity contribution in [3.05, 3.63) is 35.4 Å². The van der Waals surface area contributed by atoms with E-state index < -0.39 is 20.9 Å². The molecule has 0 aliphatic heterocycles. The van der Waals surface area contributed by atoms with Crippen LogP contribution in [-0.4, -0.2) is 25.3 Å². The van der Waals surface area contributed by atoms with Crippen LogP contribution < -0.4 is 9.46 Å². The molecule has 0 saturated carbocycles. The minimum Gasteiger partial charge on any atom is -0.495 e. The molecule has 0 spiro atoms. The van der Waals surface area contributed by atoms with Crippen LogP contribution >= 0.6 is 0 Å². The maximum atomic E-state index is 14.1. The van der Waals surface area contributed by atoms with Gasteiger partial charge in [0.25, 0.3) is 10.0 Å². The van der Waals surface area contributed by atoms with E-state index in [1.54, 1.807) is 12.1 Å². The van der Waals surface area contributed by atoms with Gasteiger partial charge < -0.3 is 4.74 Å². The number of nitrogens with one attached hydrogen (secondary N) is 1. The van der Waals surface area contributed by atoms with Gasteiger partial charge in [-0.15, -0.1) is 0 Å². The van der Waals surface area contributed by atoms with Gasteiger partial charge in [-0.25, -0.2) is 13.1 Å². The van der Waals surface area contributed by atoms with Crippen molar-refractivity contribution in [2.24, 2.45) is 7.05 Å². The zero-order chi connectivity index (χ0) is 18.3. The highest BCUT2D eigenvalue weighted by atomic mass is 32.2. The smallest absolute Gasteiger partial charge is 0.268 e. The second-order valence-electron chi connectivity index (χ2n) is 6.60. The molecule has 1 aromatic carbocycles. The number of anilines is 1. The number of aryl methyl sites for hydroxylation is 2. The maximum absolute atomic E-state index is 14.1. The van der Waals surface area contributed by atoms with Gasteiger partial charge in [0.2, 0.25) is 5.95 Å². The highest BCUT2D eigenvalue weighted by molar-refractivity contribution is 7.92. The van der Waals surface area contributed by atoms with Crippen LogP contribution in [0.3, 0.4) is 0 Å². The van der Waals surface area contributed by atoms with Crippen molar-refractivity contribution < 1.29 is 17.5 Å². The minimum atomic E-state index is -4.14. The van der Waals surface area contributed by atoms with Crippen molar-refractivity contribution in [1.82, 2.24) is 9.78 Å². The highest BCUT2D eigenvalue weighted by Crippen LogP contribution is 2.33. The standard InChI is InChI=1S/C16H22FN3O3S/c1-10-14(15(17)20(5)18-10)24(21,22)19-12-9-11(16(2,3)4)7-8-13(12)23-6/h7-9,19H,1-6H3. The van der Waals surface area contributed by atoms with Crippen LogP contribution in [0, 0.1) is 12.9 Å². The summed E-state index contributed by atoms with van der Waals surface area (Å²) < 4.78 is 47.9. The lowest BCUT2D eigenvalue weighted by atomic mass is 9.87. The van der Waals surface area contributed by atoms with Crippen LogP contribution in [0.2, 0.25) is 0 Å². The summed E-state index contributed by atoms with van der Waals surface area (Å²) >= 11 is 0. The molecule has 24 heavy (non-hydrogen) atoms. The highest BCUT2D eigenvalue weighted by Gasteiger charge is 2.28. The fraction of sp³-hybridized carbons (Fsp3) is 0.438. The third-order valence-electron chi connectivity index (χ3n) is 3.68. The van der Waals surface area contributed by atoms with Crippen LogP contribution in [0.1, 0.15) is 32.0 Å². The van der Waals surface area contributed by atoms with Crippen molar-refractivity contribution >= 4 is 15.7 Å². The Kier molecular flexibility index (Phi) is 4.63. The Balaban J connectivity index is 2.53. The van der Waals surface area contributed by atoms with Crippen molar-refractivity contribution in [1.29, 1.82) is 0 Å². The molecule has 8 heteroatoms. The van der Waals surface area contributed by atoms with Crippen LogP contribution in [0.15, 0.2) is 23.1 Å². The Morgan fingerprint density at radius 3 is 2.38 bits per heavy atom. The summed E-state index contributed by atoms with van der Waals surface area (Å²) in [5.41, 5.74) is 1.09. The molecule has 2 aromatic rings. The summed E-state index contributed by atoms with van der Waals surface area (Å²) in [6.07, 6.45) is 0. The molecule has 1 heterocycles. The largest absolute Gasteiger partial charge is 0.495 e. The van der Waals surface area contributed by atoms with Crippen molar-refractivity contribution in [3.8, 4) is 5.75 Å². The van der Waals surface area contributed by atoms with E-state index in [1.807, 2.05) is 26.8 Å². The third kappa shape index (κ3) is 3.38. The first-order valence-electron chi connectivity index (χ1n) is 7.38. The van der Waals surface area contributed by atoms with Gasteiger partial charge in [0.05, 0.1) is 18.5 Å². The Bertz CT molecular complexity index is 867. The molecule has 0 saturated heterocycles. The molecule has 0 aliphatic carbocycles. The monoisotopic (exact) mass is 355 g/mol. The van der Waals surface area contributed by atoms with Gasteiger partial charge in [-0.05, 0) is 30.0 Å². The van der Waals surface area contributed by atoms with E-state index in [9.17, 15) is 12.8 Å². The zero-order valence-corrected chi connectivity index (χ0v) is 15.5. The van der Waals surface area contributed by atoms with Crippen molar-refractivity contribution in [3.63, 3.8) is 0 Å². The van der Waals surface area contributed by atoms with E-state index in [1.165, 1.54) is 21.1 Å². The first-order valence-corrected chi connectivity index (χ1v) is 8.86. The van der Waals surface area contributed by atoms with E-state index in [0.29, 0.717) is 5.75 Å². The zero-order valence-electron chi connectivity index (χ0n) is 14.6. The molecule has 0 bridgehead atoms. The first kappa shape index (κ1) is 18.3. The molecule has 2 rings (SSSR count). The number of nitrogens with zero attached hydrogens (tertiary/aromatic N) is 2. The molecule has 1 N–H and O–H groups in total. The number of benzene rings is 1. The molecular formula is C16H22FN3O3S. The van der Waals surface area contributed by atoms with Gasteiger partial charge >= 0.3 is 0 Å². The van der Waals surface area contributed by atoms with Crippen LogP contribution in [0.25, 0.3) is 0 Å². The second kappa shape index (κ2) is 6.08. The summed E-state index contributed by atoms with van der Waals surface area (Å²) in [4.78, 5) is -0.465. The van der Waals surface area contributed by atoms with Crippen LogP contribution in [0.4, 0.5) is 10.1 Å². The average molecular weight is 355 g/mol. The van der Waals surface area contributed by atoms with Crippen molar-refractivity contribution in [2.45, 2.75) is 38.0 Å². The van der Waals surface area contributed by atoms with Gasteiger partial charge in [-0.3, -0.25) is 4.72 Å². The predicted molar refractivity (Wildman–Crippen MR) is 90.4 cm³/mol. The number of sulfonamides is 1. The molecule has 1 aromatic heterocycles. The van der Waals surface area contributed by atoms with E-state index in [2.05, 4.69) is 9.82 Å². The molecular weight excluding hydrogens is 333 g/mol. The molecule has 0 aliphatic rings. The van der Waals surface area contributed by atoms with Gasteiger partial charge in [-0.1, -0.05) is 26.8 Å². The molecule has 0 atom stereocenters. The summed E-state index contributed by atoms with van der Waals surface area (Å²) in [6, 6.07) is 5.25. The molecule has 6 nitrogen and oxygen atoms in total. The third-order valence-corrected chi connectivity index (χ3v) is 5.17. The van der Waals surface area contributed by atoms with Gasteiger partial charge in [0.1, 0.15) is 5.75 Å². The lowest BCUT2D eigenvalue weighted by Gasteiger charge is -2.21. The topological polar surface area (TPSA) is 73.2 Å². The average Bonchev–Trinajstić information content (AvgIpc) is 2.71. The van der Waals surface area contributed by atoms with E-state index in [0.717, 1.165) is 10.2 Å². The summed E-state index contributed by atoms with van der Waals surface area (Å²) in [7, 11) is -1.34. The second-order valence-corrected chi connectivity index (χ2v) is 8.22. The van der Waals surface area contributed by atoms with Crippen LogP contribution in [-0.2, 0) is 22.5 Å². The first-order chi connectivity index (χ1) is 11.0. The molecule has 0 radical (unpaired) electrons. The van der Waals surface area contributed by atoms with Gasteiger partial charge in [-0.2, -0.15) is 9.49 Å². The van der Waals surface area contributed by atoms with E-state index in [4.69, 9.17) is 4.74 Å². The number of aromatic nitrogens is 2. The summed E-state index contributed by atoms with van der Waals surface area (Å²) in [6.45, 7) is 7.48. The van der Waals surface area contributed by atoms with Gasteiger partial charge in [0.15, 0.2) is 4.90 Å². The quantitative estimate of drug-likeness (QED) is 0.915. The fourth-order valence-electron chi connectivity index (χ4n) is 2.37. The number of methoxy groups -OCH3 is 1. The number of halogens is 1.